The first-order valence-electron chi connectivity index (χ1n) is 6.55. The highest BCUT2D eigenvalue weighted by atomic mass is 35.5. The maximum Gasteiger partial charge on any atom is 0.303 e. The summed E-state index contributed by atoms with van der Waals surface area (Å²) in [6.45, 7) is 1.49. The van der Waals surface area contributed by atoms with Crippen LogP contribution in [0.2, 0.25) is 5.02 Å². The molecule has 1 heterocycles. The zero-order valence-corrected chi connectivity index (χ0v) is 12.4. The number of amides is 1. The molecule has 0 aromatic heterocycles. The molecular weight excluding hydrogens is 296 g/mol. The average Bonchev–Trinajstić information content (AvgIpc) is 2.36. The van der Waals surface area contributed by atoms with E-state index in [-0.39, 0.29) is 24.8 Å². The van der Waals surface area contributed by atoms with E-state index >= 15 is 0 Å². The van der Waals surface area contributed by atoms with Crippen LogP contribution in [0.1, 0.15) is 6.42 Å². The third-order valence-electron chi connectivity index (χ3n) is 3.30. The molecule has 0 aliphatic carbocycles. The van der Waals surface area contributed by atoms with Crippen molar-refractivity contribution in [2.75, 3.05) is 32.1 Å². The van der Waals surface area contributed by atoms with Crippen LogP contribution in [0.5, 0.6) is 5.75 Å². The first-order valence-corrected chi connectivity index (χ1v) is 6.93. The highest BCUT2D eigenvalue weighted by Gasteiger charge is 2.29. The van der Waals surface area contributed by atoms with E-state index in [2.05, 4.69) is 5.32 Å². The van der Waals surface area contributed by atoms with Gasteiger partial charge in [-0.25, -0.2) is 0 Å². The number of methoxy groups -OCH3 is 1. The van der Waals surface area contributed by atoms with Crippen LogP contribution >= 0.6 is 11.6 Å². The summed E-state index contributed by atoms with van der Waals surface area (Å²) in [6, 6.07) is 4.99. The van der Waals surface area contributed by atoms with E-state index in [1.165, 1.54) is 7.11 Å². The predicted molar refractivity (Wildman–Crippen MR) is 78.8 cm³/mol. The molecule has 1 aliphatic heterocycles. The van der Waals surface area contributed by atoms with Gasteiger partial charge in [0.1, 0.15) is 5.75 Å². The van der Waals surface area contributed by atoms with Crippen molar-refractivity contribution >= 4 is 29.2 Å². The Hall–Kier alpha value is -1.79. The number of carbonyl (C=O) groups is 2. The van der Waals surface area contributed by atoms with Crippen LogP contribution in [0.25, 0.3) is 0 Å². The highest BCUT2D eigenvalue weighted by Crippen LogP contribution is 2.27. The van der Waals surface area contributed by atoms with Gasteiger partial charge in [-0.05, 0) is 24.1 Å². The second-order valence-electron chi connectivity index (χ2n) is 5.05. The number of hydrogen-bond acceptors (Lipinski definition) is 4. The summed E-state index contributed by atoms with van der Waals surface area (Å²) in [5.41, 5.74) is 0.526. The number of anilines is 1. The number of halogens is 1. The number of carboxylic acids is 1. The van der Waals surface area contributed by atoms with Crippen molar-refractivity contribution in [1.29, 1.82) is 0 Å². The van der Waals surface area contributed by atoms with Crippen LogP contribution in [-0.4, -0.2) is 48.6 Å². The molecule has 1 fully saturated rings. The van der Waals surface area contributed by atoms with Gasteiger partial charge >= 0.3 is 5.97 Å². The second-order valence-corrected chi connectivity index (χ2v) is 5.49. The third-order valence-corrected chi connectivity index (χ3v) is 3.53. The Labute approximate surface area is 127 Å². The Kier molecular flexibility index (Phi) is 5.03. The molecule has 0 bridgehead atoms. The van der Waals surface area contributed by atoms with Gasteiger partial charge in [0, 0.05) is 18.1 Å². The van der Waals surface area contributed by atoms with Gasteiger partial charge in [-0.1, -0.05) is 11.6 Å². The average molecular weight is 313 g/mol. The molecule has 0 spiro atoms. The molecule has 1 aromatic rings. The van der Waals surface area contributed by atoms with E-state index in [1.807, 2.05) is 4.90 Å². The van der Waals surface area contributed by atoms with Crippen LogP contribution in [0.15, 0.2) is 18.2 Å². The van der Waals surface area contributed by atoms with Crippen molar-refractivity contribution in [2.24, 2.45) is 5.92 Å². The Bertz CT molecular complexity index is 544. The number of carboxylic acid groups (broad SMARTS) is 1. The number of nitrogens with one attached hydrogen (secondary N) is 1. The number of benzene rings is 1. The van der Waals surface area contributed by atoms with Crippen LogP contribution in [0, 0.1) is 5.92 Å². The van der Waals surface area contributed by atoms with E-state index in [0.717, 1.165) is 0 Å². The second kappa shape index (κ2) is 6.78. The highest BCUT2D eigenvalue weighted by molar-refractivity contribution is 6.31. The SMILES string of the molecule is COc1ccc(Cl)cc1NC(=O)CN1CC(CC(=O)O)C1. The Morgan fingerprint density at radius 3 is 2.81 bits per heavy atom. The van der Waals surface area contributed by atoms with Gasteiger partial charge in [0.15, 0.2) is 0 Å². The molecule has 0 atom stereocenters. The van der Waals surface area contributed by atoms with E-state index < -0.39 is 5.97 Å². The molecule has 7 heteroatoms. The van der Waals surface area contributed by atoms with Crippen LogP contribution < -0.4 is 10.1 Å². The fourth-order valence-corrected chi connectivity index (χ4v) is 2.52. The Morgan fingerprint density at radius 2 is 2.19 bits per heavy atom. The number of ether oxygens (including phenoxy) is 1. The van der Waals surface area contributed by atoms with Crippen LogP contribution in [0.4, 0.5) is 5.69 Å². The van der Waals surface area contributed by atoms with Crippen molar-refractivity contribution in [1.82, 2.24) is 4.90 Å². The van der Waals surface area contributed by atoms with Gasteiger partial charge < -0.3 is 15.2 Å². The summed E-state index contributed by atoms with van der Waals surface area (Å²) in [4.78, 5) is 24.4. The maximum atomic E-state index is 12.0. The fraction of sp³-hybridized carbons (Fsp3) is 0.429. The number of hydrogen-bond donors (Lipinski definition) is 2. The quantitative estimate of drug-likeness (QED) is 0.836. The van der Waals surface area contributed by atoms with Gasteiger partial charge in [-0.3, -0.25) is 14.5 Å². The first kappa shape index (κ1) is 15.6. The summed E-state index contributed by atoms with van der Waals surface area (Å²) >= 11 is 5.90. The standard InChI is InChI=1S/C14H17ClN2O4/c1-21-12-3-2-10(15)5-11(12)16-13(18)8-17-6-9(7-17)4-14(19)20/h2-3,5,9H,4,6-8H2,1H3,(H,16,18)(H,19,20). The molecule has 6 nitrogen and oxygen atoms in total. The Morgan fingerprint density at radius 1 is 1.48 bits per heavy atom. The smallest absolute Gasteiger partial charge is 0.303 e. The minimum atomic E-state index is -0.798. The van der Waals surface area contributed by atoms with Crippen LogP contribution in [0.3, 0.4) is 0 Å². The lowest BCUT2D eigenvalue weighted by Crippen LogP contribution is -2.50. The van der Waals surface area contributed by atoms with Gasteiger partial charge in [0.2, 0.25) is 5.91 Å². The number of rotatable bonds is 6. The van der Waals surface area contributed by atoms with Crippen molar-refractivity contribution in [2.45, 2.75) is 6.42 Å². The molecular formula is C14H17ClN2O4. The van der Waals surface area contributed by atoms with Gasteiger partial charge in [0.05, 0.1) is 25.8 Å². The summed E-state index contributed by atoms with van der Waals surface area (Å²) in [6.07, 6.45) is 0.153. The Balaban J connectivity index is 1.83. The topological polar surface area (TPSA) is 78.9 Å². The minimum absolute atomic E-state index is 0.135. The van der Waals surface area contributed by atoms with Crippen LogP contribution in [-0.2, 0) is 9.59 Å². The predicted octanol–water partition coefficient (Wildman–Crippen LogP) is 1.69. The molecule has 2 N–H and O–H groups in total. The number of carbonyl (C=O) groups excluding carboxylic acids is 1. The lowest BCUT2D eigenvalue weighted by atomic mass is 9.96. The number of nitrogens with zero attached hydrogens (tertiary/aromatic N) is 1. The molecule has 21 heavy (non-hydrogen) atoms. The number of likely N-dealkylation sites (tertiary alicyclic amines) is 1. The van der Waals surface area contributed by atoms with Gasteiger partial charge in [-0.2, -0.15) is 0 Å². The molecule has 1 saturated heterocycles. The molecule has 1 aliphatic rings. The zero-order valence-electron chi connectivity index (χ0n) is 11.6. The molecule has 0 saturated carbocycles. The molecule has 1 amide bonds. The summed E-state index contributed by atoms with van der Waals surface area (Å²) in [7, 11) is 1.52. The third kappa shape index (κ3) is 4.34. The van der Waals surface area contributed by atoms with E-state index in [4.69, 9.17) is 21.4 Å². The summed E-state index contributed by atoms with van der Waals surface area (Å²) in [5, 5.41) is 11.9. The maximum absolute atomic E-state index is 12.0. The molecule has 0 radical (unpaired) electrons. The van der Waals surface area contributed by atoms with Gasteiger partial charge in [0.25, 0.3) is 0 Å². The summed E-state index contributed by atoms with van der Waals surface area (Å²) < 4.78 is 5.16. The van der Waals surface area contributed by atoms with Crippen molar-refractivity contribution in [3.05, 3.63) is 23.2 Å². The fourth-order valence-electron chi connectivity index (χ4n) is 2.35. The minimum Gasteiger partial charge on any atom is -0.495 e. The molecule has 2 rings (SSSR count). The van der Waals surface area contributed by atoms with Crippen molar-refractivity contribution < 1.29 is 19.4 Å². The molecule has 114 valence electrons. The monoisotopic (exact) mass is 312 g/mol. The van der Waals surface area contributed by atoms with E-state index in [9.17, 15) is 9.59 Å². The first-order chi connectivity index (χ1) is 9.97. The van der Waals surface area contributed by atoms with Crippen molar-refractivity contribution in [3.8, 4) is 5.75 Å². The normalized spacial score (nSPS) is 15.3. The van der Waals surface area contributed by atoms with Crippen molar-refractivity contribution in [3.63, 3.8) is 0 Å². The molecule has 1 aromatic carbocycles. The van der Waals surface area contributed by atoms with Gasteiger partial charge in [-0.15, -0.1) is 0 Å². The van der Waals surface area contributed by atoms with E-state index in [1.54, 1.807) is 18.2 Å². The van der Waals surface area contributed by atoms with E-state index in [0.29, 0.717) is 29.5 Å². The summed E-state index contributed by atoms with van der Waals surface area (Å²) in [5.74, 6) is -0.298. The molecule has 0 unspecified atom stereocenters. The number of aliphatic carboxylic acids is 1. The largest absolute Gasteiger partial charge is 0.495 e. The lowest BCUT2D eigenvalue weighted by Gasteiger charge is -2.37. The lowest BCUT2D eigenvalue weighted by molar-refractivity contribution is -0.139. The zero-order chi connectivity index (χ0) is 15.4.